The van der Waals surface area contributed by atoms with Crippen LogP contribution in [0.1, 0.15) is 37.9 Å². The number of ether oxygens (including phenoxy) is 4. The Balaban J connectivity index is 1.96. The molecule has 0 saturated heterocycles. The number of carbonyl (C=O) groups is 1. The van der Waals surface area contributed by atoms with Gasteiger partial charge in [-0.15, -0.1) is 0 Å². The van der Waals surface area contributed by atoms with Gasteiger partial charge in [0, 0.05) is 10.0 Å². The highest BCUT2D eigenvalue weighted by atomic mass is 79.9. The maximum absolute atomic E-state index is 13.9. The van der Waals surface area contributed by atoms with E-state index >= 15 is 0 Å². The highest BCUT2D eigenvalue weighted by molar-refractivity contribution is 9.10. The maximum atomic E-state index is 13.9. The molecular weight excluding hydrogens is 560 g/mol. The average molecular weight is 587 g/mol. The predicted octanol–water partition coefficient (Wildman–Crippen LogP) is 3.98. The number of fused-ring (bicyclic) bond motifs is 1. The third kappa shape index (κ3) is 5.08. The van der Waals surface area contributed by atoms with Crippen LogP contribution in [0.4, 0.5) is 0 Å². The van der Waals surface area contributed by atoms with E-state index in [1.165, 1.54) is 15.9 Å². The predicted molar refractivity (Wildman–Crippen MR) is 145 cm³/mol. The molecule has 1 aliphatic heterocycles. The number of nitrogens with zero attached hydrogens (tertiary/aromatic N) is 2. The van der Waals surface area contributed by atoms with Crippen LogP contribution in [0.25, 0.3) is 6.08 Å². The molecule has 1 aromatic heterocycles. The number of para-hydroxylation sites is 1. The van der Waals surface area contributed by atoms with Gasteiger partial charge < -0.3 is 18.9 Å². The Bertz CT molecular complexity index is 1560. The summed E-state index contributed by atoms with van der Waals surface area (Å²) in [5, 5.41) is 0. The Morgan fingerprint density at radius 1 is 1.11 bits per heavy atom. The second-order valence-electron chi connectivity index (χ2n) is 8.00. The van der Waals surface area contributed by atoms with Gasteiger partial charge in [0.15, 0.2) is 16.3 Å². The van der Waals surface area contributed by atoms with Crippen molar-refractivity contribution in [2.24, 2.45) is 4.99 Å². The number of allylic oxidation sites excluding steroid dienone is 1. The summed E-state index contributed by atoms with van der Waals surface area (Å²) in [7, 11) is 3.12. The first-order valence-electron chi connectivity index (χ1n) is 11.7. The first-order valence-corrected chi connectivity index (χ1v) is 13.3. The fourth-order valence-electron chi connectivity index (χ4n) is 4.21. The van der Waals surface area contributed by atoms with Gasteiger partial charge in [-0.05, 0) is 50.6 Å². The Labute approximate surface area is 226 Å². The lowest BCUT2D eigenvalue weighted by atomic mass is 9.95. The summed E-state index contributed by atoms with van der Waals surface area (Å²) in [6.07, 6.45) is 1.77. The molecule has 2 heterocycles. The molecule has 1 aliphatic rings. The van der Waals surface area contributed by atoms with E-state index < -0.39 is 12.0 Å². The standard InChI is InChI=1S/C27H27BrN2O6S/c1-6-35-21-14-18(28)16(12-20(21)34-5)13-22-25(31)30-24(17-10-8-9-11-19(17)33-4)23(26(32)36-7-2)15(3)29-27(30)37-22/h8-14,24H,6-7H2,1-5H3/b22-13+/t24-/m1/s1. The number of aromatic nitrogens is 1. The van der Waals surface area contributed by atoms with Crippen molar-refractivity contribution in [1.82, 2.24) is 4.57 Å². The molecule has 37 heavy (non-hydrogen) atoms. The lowest BCUT2D eigenvalue weighted by molar-refractivity contribution is -0.139. The van der Waals surface area contributed by atoms with Crippen LogP contribution in [0.2, 0.25) is 0 Å². The van der Waals surface area contributed by atoms with Crippen LogP contribution in [-0.2, 0) is 9.53 Å². The van der Waals surface area contributed by atoms with Crippen molar-refractivity contribution in [1.29, 1.82) is 0 Å². The third-order valence-electron chi connectivity index (χ3n) is 5.82. The lowest BCUT2D eigenvalue weighted by Gasteiger charge is -2.25. The van der Waals surface area contributed by atoms with E-state index in [-0.39, 0.29) is 12.2 Å². The topological polar surface area (TPSA) is 88.4 Å². The molecule has 0 spiro atoms. The van der Waals surface area contributed by atoms with Crippen molar-refractivity contribution in [3.63, 3.8) is 0 Å². The fourth-order valence-corrected chi connectivity index (χ4v) is 5.68. The van der Waals surface area contributed by atoms with E-state index in [4.69, 9.17) is 18.9 Å². The Morgan fingerprint density at radius 3 is 2.51 bits per heavy atom. The van der Waals surface area contributed by atoms with Gasteiger partial charge in [0.25, 0.3) is 5.56 Å². The first kappa shape index (κ1) is 26.7. The second-order valence-corrected chi connectivity index (χ2v) is 9.87. The van der Waals surface area contributed by atoms with Gasteiger partial charge in [-0.2, -0.15) is 0 Å². The summed E-state index contributed by atoms with van der Waals surface area (Å²) in [4.78, 5) is 32.0. The molecule has 0 fully saturated rings. The smallest absolute Gasteiger partial charge is 0.338 e. The molecule has 0 radical (unpaired) electrons. The van der Waals surface area contributed by atoms with Gasteiger partial charge in [-0.3, -0.25) is 9.36 Å². The van der Waals surface area contributed by atoms with E-state index in [1.807, 2.05) is 31.2 Å². The summed E-state index contributed by atoms with van der Waals surface area (Å²) in [5.41, 5.74) is 1.91. The van der Waals surface area contributed by atoms with Gasteiger partial charge >= 0.3 is 5.97 Å². The van der Waals surface area contributed by atoms with Crippen molar-refractivity contribution in [2.45, 2.75) is 26.8 Å². The van der Waals surface area contributed by atoms with E-state index in [2.05, 4.69) is 20.9 Å². The van der Waals surface area contributed by atoms with Gasteiger partial charge in [0.1, 0.15) is 11.8 Å². The van der Waals surface area contributed by atoms with E-state index in [0.29, 0.717) is 50.0 Å². The van der Waals surface area contributed by atoms with Crippen LogP contribution < -0.4 is 29.1 Å². The SMILES string of the molecule is CCOC(=O)C1=C(C)N=c2s/c(=C/c3cc(OC)c(OCC)cc3Br)c(=O)n2[C@@H]1c1ccccc1OC. The van der Waals surface area contributed by atoms with Crippen molar-refractivity contribution in [3.8, 4) is 17.2 Å². The number of carbonyl (C=O) groups excluding carboxylic acids is 1. The number of halogens is 1. The largest absolute Gasteiger partial charge is 0.496 e. The monoisotopic (exact) mass is 586 g/mol. The minimum absolute atomic E-state index is 0.201. The van der Waals surface area contributed by atoms with Crippen molar-refractivity contribution < 1.29 is 23.7 Å². The highest BCUT2D eigenvalue weighted by Crippen LogP contribution is 2.36. The summed E-state index contributed by atoms with van der Waals surface area (Å²) >= 11 is 4.82. The number of methoxy groups -OCH3 is 2. The molecule has 0 aliphatic carbocycles. The summed E-state index contributed by atoms with van der Waals surface area (Å²) < 4.78 is 24.8. The average Bonchev–Trinajstić information content (AvgIpc) is 3.19. The highest BCUT2D eigenvalue weighted by Gasteiger charge is 2.35. The quantitative estimate of drug-likeness (QED) is 0.371. The molecule has 4 rings (SSSR count). The van der Waals surface area contributed by atoms with Crippen LogP contribution in [0, 0.1) is 0 Å². The van der Waals surface area contributed by atoms with E-state index in [1.54, 1.807) is 46.3 Å². The van der Waals surface area contributed by atoms with E-state index in [9.17, 15) is 9.59 Å². The van der Waals surface area contributed by atoms with Gasteiger partial charge in [0.05, 0.1) is 43.2 Å². The fraction of sp³-hybridized carbons (Fsp3) is 0.296. The third-order valence-corrected chi connectivity index (χ3v) is 7.49. The number of hydrogen-bond donors (Lipinski definition) is 0. The molecule has 1 atom stereocenters. The van der Waals surface area contributed by atoms with Crippen molar-refractivity contribution >= 4 is 39.3 Å². The number of benzene rings is 2. The molecule has 0 unspecified atom stereocenters. The van der Waals surface area contributed by atoms with Gasteiger partial charge in [-0.25, -0.2) is 9.79 Å². The number of hydrogen-bond acceptors (Lipinski definition) is 8. The molecule has 0 amide bonds. The van der Waals surface area contributed by atoms with Crippen LogP contribution in [0.3, 0.4) is 0 Å². The molecule has 3 aromatic rings. The van der Waals surface area contributed by atoms with Crippen LogP contribution in [0.15, 0.2) is 61.9 Å². The van der Waals surface area contributed by atoms with Gasteiger partial charge in [-0.1, -0.05) is 45.5 Å². The summed E-state index contributed by atoms with van der Waals surface area (Å²) in [6.45, 7) is 6.08. The first-order chi connectivity index (χ1) is 17.8. The Kier molecular flexibility index (Phi) is 8.19. The molecule has 10 heteroatoms. The molecule has 0 N–H and O–H groups in total. The molecule has 194 valence electrons. The number of esters is 1. The van der Waals surface area contributed by atoms with Crippen LogP contribution in [-0.4, -0.2) is 38.0 Å². The lowest BCUT2D eigenvalue weighted by Crippen LogP contribution is -2.40. The zero-order chi connectivity index (χ0) is 26.7. The zero-order valence-corrected chi connectivity index (χ0v) is 23.6. The Hall–Kier alpha value is -3.37. The van der Waals surface area contributed by atoms with Crippen molar-refractivity contribution in [3.05, 3.63) is 83.0 Å². The molecule has 2 aromatic carbocycles. The second kappa shape index (κ2) is 11.4. The zero-order valence-electron chi connectivity index (χ0n) is 21.2. The van der Waals surface area contributed by atoms with Crippen molar-refractivity contribution in [2.75, 3.05) is 27.4 Å². The number of rotatable bonds is 8. The Morgan fingerprint density at radius 2 is 1.84 bits per heavy atom. The summed E-state index contributed by atoms with van der Waals surface area (Å²) in [5.74, 6) is 1.18. The van der Waals surface area contributed by atoms with Gasteiger partial charge in [0.2, 0.25) is 0 Å². The minimum atomic E-state index is -0.757. The maximum Gasteiger partial charge on any atom is 0.338 e. The van der Waals surface area contributed by atoms with Crippen LogP contribution >= 0.6 is 27.3 Å². The molecule has 0 bridgehead atoms. The molecular formula is C27H27BrN2O6S. The summed E-state index contributed by atoms with van der Waals surface area (Å²) in [6, 6.07) is 10.2. The molecule has 0 saturated carbocycles. The molecule has 8 nitrogen and oxygen atoms in total. The normalized spacial score (nSPS) is 15.2. The number of thiazole rings is 1. The minimum Gasteiger partial charge on any atom is -0.496 e. The van der Waals surface area contributed by atoms with Crippen LogP contribution in [0.5, 0.6) is 17.2 Å². The van der Waals surface area contributed by atoms with E-state index in [0.717, 1.165) is 10.0 Å².